The van der Waals surface area contributed by atoms with Gasteiger partial charge in [-0.2, -0.15) is 0 Å². The third kappa shape index (κ3) is 6.04. The average Bonchev–Trinajstić information content (AvgIpc) is 2.82. The number of hydrogen-bond donors (Lipinski definition) is 2. The Labute approximate surface area is 179 Å². The molecule has 0 bridgehead atoms. The number of nitrogens with one attached hydrogen (secondary N) is 2. The zero-order valence-corrected chi connectivity index (χ0v) is 16.7. The van der Waals surface area contributed by atoms with Crippen molar-refractivity contribution in [3.63, 3.8) is 0 Å². The first-order valence-electron chi connectivity index (χ1n) is 9.35. The minimum Gasteiger partial charge on any atom is -0.497 e. The second-order valence-electron chi connectivity index (χ2n) is 6.30. The molecular weight excluding hydrogens is 396 g/mol. The molecule has 0 atom stereocenters. The van der Waals surface area contributed by atoms with Crippen LogP contribution in [0.3, 0.4) is 0 Å². The molecule has 3 rings (SSSR count). The van der Waals surface area contributed by atoms with E-state index in [2.05, 4.69) is 10.9 Å². The third-order valence-corrected chi connectivity index (χ3v) is 4.20. The fraction of sp³-hybridized carbons (Fsp3) is 0.0417. The van der Waals surface area contributed by atoms with Gasteiger partial charge in [0.2, 0.25) is 0 Å². The lowest BCUT2D eigenvalue weighted by Crippen LogP contribution is -2.40. The highest BCUT2D eigenvalue weighted by atomic mass is 16.5. The van der Waals surface area contributed by atoms with E-state index in [-0.39, 0.29) is 0 Å². The number of hydrazine groups is 1. The molecular formula is C24H20N2O5. The average molecular weight is 416 g/mol. The third-order valence-electron chi connectivity index (χ3n) is 4.20. The second-order valence-corrected chi connectivity index (χ2v) is 6.30. The number of esters is 1. The van der Waals surface area contributed by atoms with E-state index in [9.17, 15) is 14.4 Å². The van der Waals surface area contributed by atoms with Crippen molar-refractivity contribution in [1.82, 2.24) is 10.9 Å². The highest BCUT2D eigenvalue weighted by molar-refractivity contribution is 5.98. The van der Waals surface area contributed by atoms with Crippen LogP contribution in [0.25, 0.3) is 6.08 Å². The number of hydrogen-bond acceptors (Lipinski definition) is 5. The summed E-state index contributed by atoms with van der Waals surface area (Å²) in [6.45, 7) is 0. The first-order valence-corrected chi connectivity index (χ1v) is 9.35. The molecule has 0 saturated carbocycles. The summed E-state index contributed by atoms with van der Waals surface area (Å²) in [5.41, 5.74) is 5.93. The van der Waals surface area contributed by atoms with Crippen LogP contribution in [-0.4, -0.2) is 24.9 Å². The number of ether oxygens (including phenoxy) is 2. The molecule has 3 aromatic carbocycles. The highest BCUT2D eigenvalue weighted by Gasteiger charge is 2.11. The minimum absolute atomic E-state index is 0.292. The number of para-hydroxylation sites is 1. The van der Waals surface area contributed by atoms with Crippen molar-refractivity contribution in [2.45, 2.75) is 0 Å². The van der Waals surface area contributed by atoms with Gasteiger partial charge < -0.3 is 9.47 Å². The Morgan fingerprint density at radius 2 is 1.45 bits per heavy atom. The zero-order chi connectivity index (χ0) is 22.1. The molecule has 0 aromatic heterocycles. The standard InChI is InChI=1S/C24H20N2O5/c1-30-20-14-11-19(12-15-20)24(29)31-21-10-6-5-7-17(21)13-16-22(27)25-26-23(28)18-8-3-2-4-9-18/h2-16H,1H3,(H,25,27)(H,26,28)/b16-13+. The maximum atomic E-state index is 12.4. The van der Waals surface area contributed by atoms with Gasteiger partial charge in [0.1, 0.15) is 11.5 Å². The molecule has 0 aliphatic carbocycles. The van der Waals surface area contributed by atoms with Gasteiger partial charge in [-0.05, 0) is 48.5 Å². The Balaban J connectivity index is 1.61. The maximum absolute atomic E-state index is 12.4. The normalized spacial score (nSPS) is 10.4. The van der Waals surface area contributed by atoms with Crippen molar-refractivity contribution in [2.75, 3.05) is 7.11 Å². The highest BCUT2D eigenvalue weighted by Crippen LogP contribution is 2.21. The van der Waals surface area contributed by atoms with Gasteiger partial charge in [-0.25, -0.2) is 4.79 Å². The number of carbonyl (C=O) groups is 3. The number of benzene rings is 3. The van der Waals surface area contributed by atoms with Crippen molar-refractivity contribution in [2.24, 2.45) is 0 Å². The quantitative estimate of drug-likeness (QED) is 0.278. The van der Waals surface area contributed by atoms with Crippen LogP contribution in [0, 0.1) is 0 Å². The van der Waals surface area contributed by atoms with Gasteiger partial charge in [-0.3, -0.25) is 20.4 Å². The first-order chi connectivity index (χ1) is 15.1. The van der Waals surface area contributed by atoms with Crippen LogP contribution in [-0.2, 0) is 4.79 Å². The summed E-state index contributed by atoms with van der Waals surface area (Å²) in [5, 5.41) is 0. The molecule has 7 nitrogen and oxygen atoms in total. The molecule has 0 saturated heterocycles. The summed E-state index contributed by atoms with van der Waals surface area (Å²) in [4.78, 5) is 36.4. The molecule has 0 heterocycles. The lowest BCUT2D eigenvalue weighted by Gasteiger charge is -2.08. The summed E-state index contributed by atoms with van der Waals surface area (Å²) in [7, 11) is 1.54. The second kappa shape index (κ2) is 10.4. The lowest BCUT2D eigenvalue weighted by molar-refractivity contribution is -0.117. The number of methoxy groups -OCH3 is 1. The number of rotatable bonds is 6. The van der Waals surface area contributed by atoms with Crippen LogP contribution in [0.15, 0.2) is 84.9 Å². The molecule has 2 N–H and O–H groups in total. The van der Waals surface area contributed by atoms with E-state index in [0.29, 0.717) is 28.2 Å². The van der Waals surface area contributed by atoms with Crippen LogP contribution >= 0.6 is 0 Å². The van der Waals surface area contributed by atoms with Crippen molar-refractivity contribution in [3.8, 4) is 11.5 Å². The van der Waals surface area contributed by atoms with E-state index in [0.717, 1.165) is 0 Å². The van der Waals surface area contributed by atoms with E-state index >= 15 is 0 Å². The predicted octanol–water partition coefficient (Wildman–Crippen LogP) is 3.39. The Hall–Kier alpha value is -4.39. The lowest BCUT2D eigenvalue weighted by atomic mass is 10.1. The van der Waals surface area contributed by atoms with Crippen molar-refractivity contribution in [3.05, 3.63) is 102 Å². The predicted molar refractivity (Wildman–Crippen MR) is 115 cm³/mol. The summed E-state index contributed by atoms with van der Waals surface area (Å²) in [5.74, 6) is -0.592. The number of amides is 2. The van der Waals surface area contributed by atoms with Crippen molar-refractivity contribution < 1.29 is 23.9 Å². The van der Waals surface area contributed by atoms with Crippen LogP contribution in [0.1, 0.15) is 26.3 Å². The van der Waals surface area contributed by atoms with Gasteiger partial charge in [-0.1, -0.05) is 36.4 Å². The molecule has 0 spiro atoms. The molecule has 0 fully saturated rings. The molecule has 0 unspecified atom stereocenters. The molecule has 156 valence electrons. The van der Waals surface area contributed by atoms with E-state index in [1.807, 2.05) is 0 Å². The zero-order valence-electron chi connectivity index (χ0n) is 16.7. The van der Waals surface area contributed by atoms with Gasteiger partial charge in [-0.15, -0.1) is 0 Å². The van der Waals surface area contributed by atoms with Crippen molar-refractivity contribution >= 4 is 23.9 Å². The minimum atomic E-state index is -0.541. The molecule has 0 aliphatic rings. The van der Waals surface area contributed by atoms with E-state index in [4.69, 9.17) is 9.47 Å². The summed E-state index contributed by atoms with van der Waals surface area (Å²) < 4.78 is 10.5. The van der Waals surface area contributed by atoms with Crippen LogP contribution in [0.2, 0.25) is 0 Å². The monoisotopic (exact) mass is 416 g/mol. The molecule has 3 aromatic rings. The molecule has 31 heavy (non-hydrogen) atoms. The Morgan fingerprint density at radius 3 is 2.16 bits per heavy atom. The van der Waals surface area contributed by atoms with Gasteiger partial charge in [0, 0.05) is 17.2 Å². The Kier molecular flexibility index (Phi) is 7.16. The Morgan fingerprint density at radius 1 is 0.774 bits per heavy atom. The van der Waals surface area contributed by atoms with Gasteiger partial charge >= 0.3 is 5.97 Å². The number of carbonyl (C=O) groups excluding carboxylic acids is 3. The van der Waals surface area contributed by atoms with Crippen LogP contribution in [0.4, 0.5) is 0 Å². The molecule has 2 amide bonds. The molecule has 7 heteroatoms. The smallest absolute Gasteiger partial charge is 0.343 e. The van der Waals surface area contributed by atoms with E-state index in [1.165, 1.54) is 12.2 Å². The molecule has 0 aliphatic heterocycles. The van der Waals surface area contributed by atoms with Crippen molar-refractivity contribution in [1.29, 1.82) is 0 Å². The summed E-state index contributed by atoms with van der Waals surface area (Å²) >= 11 is 0. The van der Waals surface area contributed by atoms with Gasteiger partial charge in [0.25, 0.3) is 11.8 Å². The van der Waals surface area contributed by atoms with Gasteiger partial charge in [0.05, 0.1) is 12.7 Å². The van der Waals surface area contributed by atoms with Crippen LogP contribution < -0.4 is 20.3 Å². The largest absolute Gasteiger partial charge is 0.497 e. The fourth-order valence-electron chi connectivity index (χ4n) is 2.58. The first kappa shape index (κ1) is 21.3. The SMILES string of the molecule is COc1ccc(C(=O)Oc2ccccc2/C=C/C(=O)NNC(=O)c2ccccc2)cc1. The van der Waals surface area contributed by atoms with E-state index < -0.39 is 17.8 Å². The Bertz CT molecular complexity index is 1090. The molecule has 0 radical (unpaired) electrons. The van der Waals surface area contributed by atoms with Crippen LogP contribution in [0.5, 0.6) is 11.5 Å². The van der Waals surface area contributed by atoms with Gasteiger partial charge in [0.15, 0.2) is 0 Å². The summed E-state index contributed by atoms with van der Waals surface area (Å²) in [6.07, 6.45) is 2.71. The fourth-order valence-corrected chi connectivity index (χ4v) is 2.58. The topological polar surface area (TPSA) is 93.7 Å². The maximum Gasteiger partial charge on any atom is 0.343 e. The summed E-state index contributed by atoms with van der Waals surface area (Å²) in [6, 6.07) is 21.8. The van der Waals surface area contributed by atoms with E-state index in [1.54, 1.807) is 86.0 Å².